The lowest BCUT2D eigenvalue weighted by atomic mass is 9.96. The van der Waals surface area contributed by atoms with Gasteiger partial charge in [0.05, 0.1) is 17.5 Å². The molecular weight excluding hydrogens is 316 g/mol. The summed E-state index contributed by atoms with van der Waals surface area (Å²) in [6.45, 7) is 0. The molecule has 118 valence electrons. The van der Waals surface area contributed by atoms with Crippen molar-refractivity contribution in [2.45, 2.75) is 25.7 Å². The number of nitrogens with one attached hydrogen (secondary N) is 1. The molecule has 0 saturated carbocycles. The van der Waals surface area contributed by atoms with Crippen molar-refractivity contribution in [3.8, 4) is 17.3 Å². The highest BCUT2D eigenvalue weighted by Gasteiger charge is 2.20. The SMILES string of the molecule is N#Cc1c(/N=C/c2cn[nH]c2-c2ccccc2)sc2c1CCCC2. The van der Waals surface area contributed by atoms with Gasteiger partial charge in [0.15, 0.2) is 0 Å². The molecule has 0 fully saturated rings. The predicted octanol–water partition coefficient (Wildman–Crippen LogP) is 4.64. The number of fused-ring (bicyclic) bond motifs is 1. The van der Waals surface area contributed by atoms with Crippen LogP contribution in [0.25, 0.3) is 11.3 Å². The number of hydrogen-bond acceptors (Lipinski definition) is 4. The number of thiophene rings is 1. The summed E-state index contributed by atoms with van der Waals surface area (Å²) in [6.07, 6.45) is 8.04. The van der Waals surface area contributed by atoms with E-state index in [0.717, 1.165) is 40.2 Å². The zero-order valence-electron chi connectivity index (χ0n) is 13.1. The van der Waals surface area contributed by atoms with E-state index in [2.05, 4.69) is 21.3 Å². The Morgan fingerprint density at radius 3 is 2.88 bits per heavy atom. The van der Waals surface area contributed by atoms with Gasteiger partial charge in [-0.05, 0) is 31.2 Å². The minimum absolute atomic E-state index is 0.760. The van der Waals surface area contributed by atoms with Gasteiger partial charge >= 0.3 is 0 Å². The van der Waals surface area contributed by atoms with Gasteiger partial charge in [0.25, 0.3) is 0 Å². The Kier molecular flexibility index (Phi) is 3.97. The number of aromatic nitrogens is 2. The Labute approximate surface area is 144 Å². The number of hydrogen-bond donors (Lipinski definition) is 1. The van der Waals surface area contributed by atoms with E-state index in [-0.39, 0.29) is 0 Å². The average Bonchev–Trinajstić information content (AvgIpc) is 3.24. The fourth-order valence-electron chi connectivity index (χ4n) is 3.12. The molecule has 2 heterocycles. The van der Waals surface area contributed by atoms with Gasteiger partial charge in [0, 0.05) is 22.2 Å². The normalized spacial score (nSPS) is 13.8. The van der Waals surface area contributed by atoms with Gasteiger partial charge in [-0.1, -0.05) is 30.3 Å². The van der Waals surface area contributed by atoms with Crippen LogP contribution in [0.2, 0.25) is 0 Å². The van der Waals surface area contributed by atoms with E-state index in [4.69, 9.17) is 0 Å². The van der Waals surface area contributed by atoms with E-state index in [9.17, 15) is 5.26 Å². The maximum Gasteiger partial charge on any atom is 0.134 e. The lowest BCUT2D eigenvalue weighted by molar-refractivity contribution is 0.696. The molecule has 1 N–H and O–H groups in total. The van der Waals surface area contributed by atoms with E-state index in [1.807, 2.05) is 36.5 Å². The van der Waals surface area contributed by atoms with Crippen LogP contribution in [0.4, 0.5) is 5.00 Å². The van der Waals surface area contributed by atoms with Crippen molar-refractivity contribution in [2.75, 3.05) is 0 Å². The van der Waals surface area contributed by atoms with Crippen molar-refractivity contribution in [3.05, 3.63) is 58.1 Å². The average molecular weight is 332 g/mol. The van der Waals surface area contributed by atoms with Crippen LogP contribution in [0.1, 0.15) is 34.4 Å². The third-order valence-electron chi connectivity index (χ3n) is 4.32. The van der Waals surface area contributed by atoms with Crippen molar-refractivity contribution in [3.63, 3.8) is 0 Å². The van der Waals surface area contributed by atoms with Gasteiger partial charge in [-0.25, -0.2) is 4.99 Å². The van der Waals surface area contributed by atoms with Crippen molar-refractivity contribution in [2.24, 2.45) is 4.99 Å². The zero-order chi connectivity index (χ0) is 16.4. The summed E-state index contributed by atoms with van der Waals surface area (Å²) in [4.78, 5) is 5.96. The Hall–Kier alpha value is -2.71. The quantitative estimate of drug-likeness (QED) is 0.710. The number of aryl methyl sites for hydroxylation is 1. The summed E-state index contributed by atoms with van der Waals surface area (Å²) in [5, 5.41) is 17.5. The van der Waals surface area contributed by atoms with Crippen LogP contribution in [0.5, 0.6) is 0 Å². The standard InChI is InChI=1S/C19H16N4S/c20-10-16-15-8-4-5-9-17(15)24-19(16)21-11-14-12-22-23-18(14)13-6-2-1-3-7-13/h1-3,6-7,11-12H,4-5,8-9H2,(H,22,23)/b21-11+. The van der Waals surface area contributed by atoms with Gasteiger partial charge < -0.3 is 0 Å². The molecule has 0 saturated heterocycles. The molecule has 1 aromatic carbocycles. The second kappa shape index (κ2) is 6.42. The number of benzene rings is 1. The zero-order valence-corrected chi connectivity index (χ0v) is 13.9. The Morgan fingerprint density at radius 2 is 2.04 bits per heavy atom. The number of aliphatic imine (C=N–C) groups is 1. The second-order valence-corrected chi connectivity index (χ2v) is 6.91. The first-order valence-corrected chi connectivity index (χ1v) is 8.86. The highest BCUT2D eigenvalue weighted by atomic mass is 32.1. The Morgan fingerprint density at radius 1 is 1.21 bits per heavy atom. The van der Waals surface area contributed by atoms with Gasteiger partial charge in [-0.3, -0.25) is 5.10 Å². The summed E-state index contributed by atoms with van der Waals surface area (Å²) in [7, 11) is 0. The molecule has 1 aliphatic rings. The highest BCUT2D eigenvalue weighted by Crippen LogP contribution is 2.39. The molecular formula is C19H16N4S. The summed E-state index contributed by atoms with van der Waals surface area (Å²) in [5.74, 6) is 0. The van der Waals surface area contributed by atoms with E-state index >= 15 is 0 Å². The summed E-state index contributed by atoms with van der Waals surface area (Å²) in [6, 6.07) is 12.4. The van der Waals surface area contributed by atoms with Crippen molar-refractivity contribution in [1.29, 1.82) is 5.26 Å². The Balaban J connectivity index is 1.69. The maximum atomic E-state index is 9.52. The third-order valence-corrected chi connectivity index (χ3v) is 5.52. The fraction of sp³-hybridized carbons (Fsp3) is 0.211. The molecule has 0 spiro atoms. The van der Waals surface area contributed by atoms with E-state index in [1.54, 1.807) is 17.5 Å². The predicted molar refractivity (Wildman–Crippen MR) is 97.0 cm³/mol. The van der Waals surface area contributed by atoms with Crippen LogP contribution in [0.3, 0.4) is 0 Å². The van der Waals surface area contributed by atoms with E-state index in [1.165, 1.54) is 23.3 Å². The molecule has 0 aliphatic heterocycles. The Bertz CT molecular complexity index is 928. The van der Waals surface area contributed by atoms with Crippen LogP contribution in [-0.4, -0.2) is 16.4 Å². The van der Waals surface area contributed by atoms with Gasteiger partial charge in [0.1, 0.15) is 11.1 Å². The third kappa shape index (κ3) is 2.66. The smallest absolute Gasteiger partial charge is 0.134 e. The fourth-order valence-corrected chi connectivity index (χ4v) is 4.30. The highest BCUT2D eigenvalue weighted by molar-refractivity contribution is 7.16. The molecule has 4 nitrogen and oxygen atoms in total. The van der Waals surface area contributed by atoms with Gasteiger partial charge in [-0.2, -0.15) is 10.4 Å². The molecule has 0 radical (unpaired) electrons. The number of H-pyrrole nitrogens is 1. The van der Waals surface area contributed by atoms with Crippen molar-refractivity contribution in [1.82, 2.24) is 10.2 Å². The topological polar surface area (TPSA) is 64.8 Å². The summed E-state index contributed by atoms with van der Waals surface area (Å²) >= 11 is 1.66. The molecule has 4 rings (SSSR count). The number of nitrogens with zero attached hydrogens (tertiary/aromatic N) is 3. The van der Waals surface area contributed by atoms with Crippen LogP contribution in [-0.2, 0) is 12.8 Å². The van der Waals surface area contributed by atoms with Gasteiger partial charge in [0.2, 0.25) is 0 Å². The molecule has 2 aromatic heterocycles. The second-order valence-electron chi connectivity index (χ2n) is 5.83. The molecule has 5 heteroatoms. The van der Waals surface area contributed by atoms with Crippen LogP contribution >= 0.6 is 11.3 Å². The lowest BCUT2D eigenvalue weighted by Gasteiger charge is -2.09. The first kappa shape index (κ1) is 14.9. The number of rotatable bonds is 3. The molecule has 0 unspecified atom stereocenters. The molecule has 0 amide bonds. The van der Waals surface area contributed by atoms with Crippen LogP contribution < -0.4 is 0 Å². The maximum absolute atomic E-state index is 9.52. The number of aromatic amines is 1. The lowest BCUT2D eigenvalue weighted by Crippen LogP contribution is -1.99. The van der Waals surface area contributed by atoms with Crippen LogP contribution in [0.15, 0.2) is 41.5 Å². The van der Waals surface area contributed by atoms with E-state index < -0.39 is 0 Å². The monoisotopic (exact) mass is 332 g/mol. The first-order chi connectivity index (χ1) is 11.9. The molecule has 3 aromatic rings. The minimum Gasteiger partial charge on any atom is -0.277 e. The van der Waals surface area contributed by atoms with Crippen molar-refractivity contribution < 1.29 is 0 Å². The molecule has 0 atom stereocenters. The van der Waals surface area contributed by atoms with Crippen molar-refractivity contribution >= 4 is 22.6 Å². The summed E-state index contributed by atoms with van der Waals surface area (Å²) in [5.41, 5.74) is 4.92. The van der Waals surface area contributed by atoms with E-state index in [0.29, 0.717) is 0 Å². The molecule has 24 heavy (non-hydrogen) atoms. The largest absolute Gasteiger partial charge is 0.277 e. The summed E-state index contributed by atoms with van der Waals surface area (Å²) < 4.78 is 0. The molecule has 1 aliphatic carbocycles. The molecule has 0 bridgehead atoms. The number of nitriles is 1. The van der Waals surface area contributed by atoms with Crippen LogP contribution in [0, 0.1) is 11.3 Å². The van der Waals surface area contributed by atoms with Gasteiger partial charge in [-0.15, -0.1) is 11.3 Å². The first-order valence-electron chi connectivity index (χ1n) is 8.04. The minimum atomic E-state index is 0.760.